The fourth-order valence-electron chi connectivity index (χ4n) is 2.84. The first-order chi connectivity index (χ1) is 27.8. The molecule has 3 aliphatic rings. The zero-order valence-electron chi connectivity index (χ0n) is 30.5. The maximum atomic E-state index is 10.2. The Morgan fingerprint density at radius 3 is 1.59 bits per heavy atom. The van der Waals surface area contributed by atoms with Gasteiger partial charge in [-0.3, -0.25) is 30.2 Å². The van der Waals surface area contributed by atoms with Gasteiger partial charge in [0.05, 0.1) is 13.2 Å². The lowest BCUT2D eigenvalue weighted by Crippen LogP contribution is -2.29. The maximum absolute atomic E-state index is 10.2. The summed E-state index contributed by atoms with van der Waals surface area (Å²) in [5, 5.41) is 30.0. The van der Waals surface area contributed by atoms with E-state index in [2.05, 4.69) is 70.6 Å². The van der Waals surface area contributed by atoms with Crippen molar-refractivity contribution in [1.29, 1.82) is 0 Å². The number of hydrogen-bond donors (Lipinski definition) is 6. The highest BCUT2D eigenvalue weighted by atomic mass is 32.1. The summed E-state index contributed by atoms with van der Waals surface area (Å²) in [6.07, 6.45) is 26.3. The lowest BCUT2D eigenvalue weighted by atomic mass is 10.4. The summed E-state index contributed by atoms with van der Waals surface area (Å²) in [6.45, 7) is 2.70. The predicted molar refractivity (Wildman–Crippen MR) is 225 cm³/mol. The molecule has 10 rings (SSSR count). The number of benzene rings is 1. The van der Waals surface area contributed by atoms with Gasteiger partial charge in [-0.25, -0.2) is 9.79 Å². The molecule has 6 aromatic heterocycles. The molecule has 0 amide bonds. The molecule has 0 fully saturated rings. The number of H-pyrrole nitrogens is 4. The van der Waals surface area contributed by atoms with Gasteiger partial charge < -0.3 is 19.7 Å². The Kier molecular flexibility index (Phi) is 33.5. The average molecular weight is 779 g/mol. The highest BCUT2D eigenvalue weighted by molar-refractivity contribution is 7.07. The molecular weight excluding hydrogens is 733 g/mol. The van der Waals surface area contributed by atoms with Gasteiger partial charge in [-0.05, 0) is 47.3 Å². The molecule has 0 saturated carbocycles. The lowest BCUT2D eigenvalue weighted by molar-refractivity contribution is 0.553. The van der Waals surface area contributed by atoms with Gasteiger partial charge in [0.1, 0.15) is 6.34 Å². The Morgan fingerprint density at radius 1 is 0.696 bits per heavy atom. The van der Waals surface area contributed by atoms with Crippen LogP contribution in [-0.2, 0) is 0 Å². The van der Waals surface area contributed by atoms with Gasteiger partial charge in [0.15, 0.2) is 0 Å². The number of nitrogens with zero attached hydrogens (tertiary/aromatic N) is 8. The smallest absolute Gasteiger partial charge is 0.325 e. The Bertz CT molecular complexity index is 1610. The fraction of sp³-hybridized carbons (Fsp3) is 0.105. The molecule has 0 aliphatic carbocycles. The van der Waals surface area contributed by atoms with Crippen LogP contribution in [0.1, 0.15) is 6.42 Å². The van der Waals surface area contributed by atoms with Gasteiger partial charge >= 0.3 is 5.69 Å². The van der Waals surface area contributed by atoms with Gasteiger partial charge in [-0.15, -0.1) is 10.2 Å². The first kappa shape index (κ1) is 46.6. The normalized spacial score (nSPS) is 11.1. The number of aromatic amines is 4. The summed E-state index contributed by atoms with van der Waals surface area (Å²) in [7, 11) is 0. The van der Waals surface area contributed by atoms with Crippen molar-refractivity contribution in [3.63, 3.8) is 0 Å². The summed E-state index contributed by atoms with van der Waals surface area (Å²) in [5.74, 6) is 0. The van der Waals surface area contributed by atoms with E-state index in [0.717, 1.165) is 26.2 Å². The van der Waals surface area contributed by atoms with Crippen molar-refractivity contribution in [2.45, 2.75) is 6.42 Å². The van der Waals surface area contributed by atoms with Crippen molar-refractivity contribution in [2.24, 2.45) is 20.2 Å². The topological polar surface area (TPSA) is 235 Å². The van der Waals surface area contributed by atoms with Crippen LogP contribution in [0.15, 0.2) is 204 Å². The number of pyridine rings is 1. The Labute approximate surface area is 328 Å². The first-order valence-corrected chi connectivity index (χ1v) is 17.7. The van der Waals surface area contributed by atoms with Crippen LogP contribution in [0.25, 0.3) is 0 Å². The van der Waals surface area contributed by atoms with Crippen LogP contribution in [-0.4, -0.2) is 85.1 Å². The number of hydrogen-bond acceptors (Lipinski definition) is 14. The number of thiophene rings is 1. The molecule has 0 unspecified atom stereocenters. The predicted octanol–water partition coefficient (Wildman–Crippen LogP) is 5.27. The van der Waals surface area contributed by atoms with Crippen LogP contribution < -0.4 is 21.9 Å². The van der Waals surface area contributed by atoms with Crippen molar-refractivity contribution in [3.05, 3.63) is 191 Å². The minimum Gasteiger partial charge on any atom is -0.431 e. The molecule has 56 heavy (non-hydrogen) atoms. The van der Waals surface area contributed by atoms with E-state index in [0.29, 0.717) is 0 Å². The van der Waals surface area contributed by atoms with Crippen LogP contribution in [0.3, 0.4) is 0 Å². The van der Waals surface area contributed by atoms with Gasteiger partial charge in [0.25, 0.3) is 5.56 Å². The van der Waals surface area contributed by atoms with E-state index in [4.69, 9.17) is 0 Å². The minimum absolute atomic E-state index is 0.381. The molecule has 6 N–H and O–H groups in total. The third kappa shape index (κ3) is 37.8. The van der Waals surface area contributed by atoms with Crippen molar-refractivity contribution in [3.8, 4) is 0 Å². The number of aliphatic imine (C=N–C) groups is 2. The molecule has 9 heterocycles. The van der Waals surface area contributed by atoms with E-state index in [1.807, 2.05) is 125 Å². The molecule has 17 nitrogen and oxygen atoms in total. The van der Waals surface area contributed by atoms with Crippen molar-refractivity contribution in [2.75, 3.05) is 19.8 Å². The van der Waals surface area contributed by atoms with Crippen LogP contribution in [0.2, 0.25) is 0 Å². The highest BCUT2D eigenvalue weighted by Crippen LogP contribution is 1.91. The highest BCUT2D eigenvalue weighted by Gasteiger charge is 1.82. The zero-order valence-corrected chi connectivity index (χ0v) is 31.3. The average Bonchev–Trinajstić information content (AvgIpc) is 4.14. The van der Waals surface area contributed by atoms with E-state index in [1.54, 1.807) is 61.1 Å². The molecule has 18 heteroatoms. The largest absolute Gasteiger partial charge is 0.431 e. The molecule has 0 atom stereocenters. The summed E-state index contributed by atoms with van der Waals surface area (Å²) >= 11 is 1.71. The molecule has 7 aromatic rings. The SMILES string of the molecule is C1=CNCNC1.C1=NC=NC1.C1=NN=CC1.O=c1cc[nH]c(=O)[nH]1.c1cc[nH]c1.c1ccccc1.c1ccncc1.c1ccsc1.c1cn[nH]c1.c1nnco1. The Balaban J connectivity index is 0.000000312. The van der Waals surface area contributed by atoms with E-state index < -0.39 is 5.69 Å². The molecule has 0 radical (unpaired) electrons. The number of rotatable bonds is 0. The molecule has 292 valence electrons. The van der Waals surface area contributed by atoms with Crippen LogP contribution in [0, 0.1) is 0 Å². The molecular formula is C38H46N14O3S. The summed E-state index contributed by atoms with van der Waals surface area (Å²) in [5.41, 5.74) is -0.855. The molecule has 3 aliphatic heterocycles. The fourth-order valence-corrected chi connectivity index (χ4v) is 3.29. The van der Waals surface area contributed by atoms with Crippen LogP contribution >= 0.6 is 11.3 Å². The van der Waals surface area contributed by atoms with Crippen molar-refractivity contribution >= 4 is 36.3 Å². The maximum Gasteiger partial charge on any atom is 0.325 e. The Hall–Kier alpha value is -7.44. The standard InChI is InChI=1S/C6H6.C5H5N.C4H4N2O2.C4H8N2.C4H5N.C4H4S.3C3H4N2.C2H2N2O/c2*1-2-4-6-5-3-1;7-3-1-2-5-4(8)6-3;1-2-5-4-6-3-1;2*1-2-4-5-3-1;1-2-5-3-4-1;2*1-2-4-5-3-1;1-3-4-2-5-1/h1-6H;1-5H;1-2H,(H2,5,6,7,8);1-2,5-6H,3-4H2;1-5H;1-4H;1,3H,2H2;2-3H,1H2;1-3H,(H,4,5);1-2H. The van der Waals surface area contributed by atoms with E-state index in [-0.39, 0.29) is 5.56 Å². The van der Waals surface area contributed by atoms with Crippen LogP contribution in [0.4, 0.5) is 0 Å². The second-order valence-electron chi connectivity index (χ2n) is 9.38. The quantitative estimate of drug-likeness (QED) is 0.117. The number of nitrogens with one attached hydrogen (secondary N) is 6. The molecule has 0 spiro atoms. The van der Waals surface area contributed by atoms with Gasteiger partial charge in [-0.1, -0.05) is 60.7 Å². The molecule has 1 aromatic carbocycles. The van der Waals surface area contributed by atoms with E-state index in [1.165, 1.54) is 25.1 Å². The second-order valence-corrected chi connectivity index (χ2v) is 10.2. The summed E-state index contributed by atoms with van der Waals surface area (Å²) in [4.78, 5) is 38.7. The van der Waals surface area contributed by atoms with Crippen LogP contribution in [0.5, 0.6) is 0 Å². The van der Waals surface area contributed by atoms with E-state index >= 15 is 0 Å². The first-order valence-electron chi connectivity index (χ1n) is 16.7. The van der Waals surface area contributed by atoms with Gasteiger partial charge in [0.2, 0.25) is 12.8 Å². The van der Waals surface area contributed by atoms with Gasteiger partial charge in [0, 0.05) is 81.1 Å². The molecule has 0 bridgehead atoms. The zero-order chi connectivity index (χ0) is 39.9. The number of aromatic nitrogens is 8. The third-order valence-electron chi connectivity index (χ3n) is 5.14. The molecule has 0 saturated heterocycles. The minimum atomic E-state index is -0.475. The monoisotopic (exact) mass is 778 g/mol. The second kappa shape index (κ2) is 40.3. The van der Waals surface area contributed by atoms with Crippen molar-refractivity contribution < 1.29 is 4.42 Å². The lowest BCUT2D eigenvalue weighted by Gasteiger charge is -2.05. The van der Waals surface area contributed by atoms with Gasteiger partial charge in [-0.2, -0.15) is 26.6 Å². The summed E-state index contributed by atoms with van der Waals surface area (Å²) in [6, 6.07) is 28.7. The third-order valence-corrected chi connectivity index (χ3v) is 5.76. The van der Waals surface area contributed by atoms with Crippen molar-refractivity contribution in [1.82, 2.24) is 51.0 Å². The summed E-state index contributed by atoms with van der Waals surface area (Å²) < 4.78 is 4.36. The van der Waals surface area contributed by atoms with E-state index in [9.17, 15) is 9.59 Å². The Morgan fingerprint density at radius 2 is 1.38 bits per heavy atom.